The smallest absolute Gasteiger partial charge is 0.238 e. The second kappa shape index (κ2) is 6.04. The SMILES string of the molecule is NS(=O)(=O)c1ccc(C2=C(c3ccccc3)NC(CO)O2)cc1. The Morgan fingerprint density at radius 3 is 2.26 bits per heavy atom. The molecular formula is C16H16N2O4S. The van der Waals surface area contributed by atoms with Crippen molar-refractivity contribution in [3.05, 3.63) is 65.7 Å². The molecular weight excluding hydrogens is 316 g/mol. The molecule has 2 aromatic rings. The number of nitrogens with one attached hydrogen (secondary N) is 1. The lowest BCUT2D eigenvalue weighted by molar-refractivity contribution is 0.0944. The standard InChI is InChI=1S/C16H16N2O4S/c17-23(20,21)13-8-6-12(7-9-13)16-15(18-14(10-19)22-16)11-4-2-1-3-5-11/h1-9,14,18-19H,10H2,(H2,17,20,21). The minimum Gasteiger partial charge on any atom is -0.465 e. The number of sulfonamides is 1. The number of benzene rings is 2. The molecule has 7 heteroatoms. The number of hydrogen-bond donors (Lipinski definition) is 3. The van der Waals surface area contributed by atoms with Crippen LogP contribution in [0.1, 0.15) is 11.1 Å². The van der Waals surface area contributed by atoms with E-state index < -0.39 is 16.3 Å². The van der Waals surface area contributed by atoms with Crippen LogP contribution in [0.15, 0.2) is 59.5 Å². The molecule has 0 saturated heterocycles. The van der Waals surface area contributed by atoms with Crippen LogP contribution in [0.2, 0.25) is 0 Å². The third-order valence-corrected chi connectivity index (χ3v) is 4.40. The largest absolute Gasteiger partial charge is 0.465 e. The zero-order valence-corrected chi connectivity index (χ0v) is 13.0. The van der Waals surface area contributed by atoms with Crippen molar-refractivity contribution >= 4 is 21.5 Å². The van der Waals surface area contributed by atoms with Crippen LogP contribution < -0.4 is 10.5 Å². The molecule has 0 fully saturated rings. The highest BCUT2D eigenvalue weighted by molar-refractivity contribution is 7.89. The first-order valence-electron chi connectivity index (χ1n) is 6.96. The third kappa shape index (κ3) is 3.21. The fourth-order valence-corrected chi connectivity index (χ4v) is 2.88. The van der Waals surface area contributed by atoms with Crippen LogP contribution in [0.4, 0.5) is 0 Å². The van der Waals surface area contributed by atoms with Gasteiger partial charge in [-0.3, -0.25) is 0 Å². The molecule has 0 aliphatic carbocycles. The lowest BCUT2D eigenvalue weighted by Crippen LogP contribution is -2.27. The van der Waals surface area contributed by atoms with E-state index in [0.29, 0.717) is 11.3 Å². The van der Waals surface area contributed by atoms with E-state index in [1.807, 2.05) is 30.3 Å². The van der Waals surface area contributed by atoms with Crippen molar-refractivity contribution in [1.29, 1.82) is 0 Å². The molecule has 120 valence electrons. The number of aliphatic hydroxyl groups excluding tert-OH is 1. The predicted molar refractivity (Wildman–Crippen MR) is 86.2 cm³/mol. The maximum Gasteiger partial charge on any atom is 0.238 e. The lowest BCUT2D eigenvalue weighted by Gasteiger charge is -2.09. The Kier molecular flexibility index (Phi) is 4.08. The number of primary sulfonamides is 1. The molecule has 6 nitrogen and oxygen atoms in total. The van der Waals surface area contributed by atoms with E-state index in [-0.39, 0.29) is 11.5 Å². The summed E-state index contributed by atoms with van der Waals surface area (Å²) in [4.78, 5) is 0.0350. The molecule has 1 aliphatic heterocycles. The highest BCUT2D eigenvalue weighted by Gasteiger charge is 2.26. The van der Waals surface area contributed by atoms with Gasteiger partial charge in [-0.25, -0.2) is 13.6 Å². The normalized spacial score (nSPS) is 17.7. The number of aliphatic hydroxyl groups is 1. The van der Waals surface area contributed by atoms with E-state index in [1.165, 1.54) is 12.1 Å². The zero-order valence-electron chi connectivity index (χ0n) is 12.1. The molecule has 4 N–H and O–H groups in total. The van der Waals surface area contributed by atoms with E-state index in [1.54, 1.807) is 12.1 Å². The van der Waals surface area contributed by atoms with Gasteiger partial charge in [0.25, 0.3) is 0 Å². The van der Waals surface area contributed by atoms with Crippen LogP contribution >= 0.6 is 0 Å². The Balaban J connectivity index is 2.03. The average molecular weight is 332 g/mol. The minimum atomic E-state index is -3.74. The monoisotopic (exact) mass is 332 g/mol. The molecule has 23 heavy (non-hydrogen) atoms. The minimum absolute atomic E-state index is 0.0350. The van der Waals surface area contributed by atoms with Gasteiger partial charge in [0.1, 0.15) is 0 Å². The molecule has 1 atom stereocenters. The van der Waals surface area contributed by atoms with Gasteiger partial charge in [0.2, 0.25) is 10.0 Å². The van der Waals surface area contributed by atoms with Crippen LogP contribution in [0.5, 0.6) is 0 Å². The first kappa shape index (κ1) is 15.5. The summed E-state index contributed by atoms with van der Waals surface area (Å²) >= 11 is 0. The molecule has 0 saturated carbocycles. The predicted octanol–water partition coefficient (Wildman–Crippen LogP) is 1.10. The Labute approximate surface area is 134 Å². The number of nitrogens with two attached hydrogens (primary N) is 1. The summed E-state index contributed by atoms with van der Waals surface area (Å²) in [6.07, 6.45) is -0.543. The summed E-state index contributed by atoms with van der Waals surface area (Å²) in [6, 6.07) is 15.7. The van der Waals surface area contributed by atoms with Crippen molar-refractivity contribution in [3.8, 4) is 0 Å². The first-order valence-corrected chi connectivity index (χ1v) is 8.50. The zero-order chi connectivity index (χ0) is 16.4. The Bertz CT molecular complexity index is 830. The maximum atomic E-state index is 11.3. The number of hydrogen-bond acceptors (Lipinski definition) is 5. The second-order valence-electron chi connectivity index (χ2n) is 5.07. The van der Waals surface area contributed by atoms with Crippen molar-refractivity contribution in [2.24, 2.45) is 5.14 Å². The van der Waals surface area contributed by atoms with Gasteiger partial charge in [0.05, 0.1) is 17.2 Å². The Morgan fingerprint density at radius 2 is 1.70 bits per heavy atom. The Morgan fingerprint density at radius 1 is 1.04 bits per heavy atom. The molecule has 0 radical (unpaired) electrons. The van der Waals surface area contributed by atoms with Crippen molar-refractivity contribution < 1.29 is 18.3 Å². The van der Waals surface area contributed by atoms with Crippen molar-refractivity contribution in [2.45, 2.75) is 11.1 Å². The quantitative estimate of drug-likeness (QED) is 0.778. The molecule has 1 unspecified atom stereocenters. The molecule has 0 aromatic heterocycles. The number of rotatable bonds is 4. The summed E-state index contributed by atoms with van der Waals surface area (Å²) in [5, 5.41) is 17.6. The molecule has 1 heterocycles. The fraction of sp³-hybridized carbons (Fsp3) is 0.125. The molecule has 3 rings (SSSR count). The molecule has 0 bridgehead atoms. The topological polar surface area (TPSA) is 102 Å². The average Bonchev–Trinajstić information content (AvgIpc) is 2.99. The van der Waals surface area contributed by atoms with Gasteiger partial charge in [-0.15, -0.1) is 0 Å². The first-order chi connectivity index (χ1) is 11.0. The van der Waals surface area contributed by atoms with E-state index in [4.69, 9.17) is 9.88 Å². The van der Waals surface area contributed by atoms with E-state index in [9.17, 15) is 13.5 Å². The highest BCUT2D eigenvalue weighted by Crippen LogP contribution is 2.32. The summed E-state index contributed by atoms with van der Waals surface area (Å²) in [6.45, 7) is -0.185. The van der Waals surface area contributed by atoms with Gasteiger partial charge >= 0.3 is 0 Å². The highest BCUT2D eigenvalue weighted by atomic mass is 32.2. The summed E-state index contributed by atoms with van der Waals surface area (Å²) in [7, 11) is -3.74. The van der Waals surface area contributed by atoms with Crippen molar-refractivity contribution in [2.75, 3.05) is 6.61 Å². The van der Waals surface area contributed by atoms with Gasteiger partial charge in [0.15, 0.2) is 12.0 Å². The molecule has 0 spiro atoms. The number of ether oxygens (including phenoxy) is 1. The summed E-state index contributed by atoms with van der Waals surface area (Å²) in [5.41, 5.74) is 2.35. The van der Waals surface area contributed by atoms with Crippen LogP contribution in [0, 0.1) is 0 Å². The van der Waals surface area contributed by atoms with E-state index in [0.717, 1.165) is 11.3 Å². The van der Waals surface area contributed by atoms with Crippen LogP contribution in [-0.2, 0) is 14.8 Å². The van der Waals surface area contributed by atoms with E-state index in [2.05, 4.69) is 5.32 Å². The fourth-order valence-electron chi connectivity index (χ4n) is 2.37. The van der Waals surface area contributed by atoms with Crippen LogP contribution in [0.25, 0.3) is 11.5 Å². The van der Waals surface area contributed by atoms with Gasteiger partial charge in [0, 0.05) is 11.1 Å². The lowest BCUT2D eigenvalue weighted by atomic mass is 10.1. The van der Waals surface area contributed by atoms with Gasteiger partial charge in [-0.1, -0.05) is 30.3 Å². The van der Waals surface area contributed by atoms with E-state index >= 15 is 0 Å². The van der Waals surface area contributed by atoms with Gasteiger partial charge in [-0.05, 0) is 24.3 Å². The second-order valence-corrected chi connectivity index (χ2v) is 6.63. The van der Waals surface area contributed by atoms with Crippen LogP contribution in [-0.4, -0.2) is 26.4 Å². The maximum absolute atomic E-state index is 11.3. The molecule has 2 aromatic carbocycles. The van der Waals surface area contributed by atoms with Crippen molar-refractivity contribution in [3.63, 3.8) is 0 Å². The van der Waals surface area contributed by atoms with Crippen LogP contribution in [0.3, 0.4) is 0 Å². The Hall–Kier alpha value is -2.35. The third-order valence-electron chi connectivity index (χ3n) is 3.47. The van der Waals surface area contributed by atoms with Gasteiger partial charge in [-0.2, -0.15) is 0 Å². The summed E-state index contributed by atoms with van der Waals surface area (Å²) in [5.74, 6) is 0.552. The van der Waals surface area contributed by atoms with Gasteiger partial charge < -0.3 is 15.2 Å². The molecule has 1 aliphatic rings. The summed E-state index contributed by atoms with van der Waals surface area (Å²) < 4.78 is 28.4. The van der Waals surface area contributed by atoms with Crippen molar-refractivity contribution in [1.82, 2.24) is 5.32 Å². The molecule has 0 amide bonds.